The molecule has 1 atom stereocenters. The predicted molar refractivity (Wildman–Crippen MR) is 76.7 cm³/mol. The number of aryl methyl sites for hydroxylation is 1. The van der Waals surface area contributed by atoms with E-state index < -0.39 is 0 Å². The van der Waals surface area contributed by atoms with Gasteiger partial charge < -0.3 is 9.84 Å². The van der Waals surface area contributed by atoms with Gasteiger partial charge in [-0.05, 0) is 19.8 Å². The number of hydrogen-bond acceptors (Lipinski definition) is 4. The number of carbonyl (C=O) groups is 2. The van der Waals surface area contributed by atoms with E-state index in [1.54, 1.807) is 17.9 Å². The second kappa shape index (κ2) is 5.87. The highest BCUT2D eigenvalue weighted by Crippen LogP contribution is 2.25. The monoisotopic (exact) mass is 291 g/mol. The summed E-state index contributed by atoms with van der Waals surface area (Å²) in [5.41, 5.74) is 0. The minimum Gasteiger partial charge on any atom is -0.360 e. The SMILES string of the molecule is Cc1cc(N2CC(C(=O)NC3CCCCC3)CC2=O)no1. The van der Waals surface area contributed by atoms with Crippen LogP contribution in [-0.2, 0) is 9.59 Å². The molecule has 2 heterocycles. The van der Waals surface area contributed by atoms with Gasteiger partial charge in [0.2, 0.25) is 11.8 Å². The fourth-order valence-corrected chi connectivity index (χ4v) is 3.15. The van der Waals surface area contributed by atoms with Gasteiger partial charge >= 0.3 is 0 Å². The van der Waals surface area contributed by atoms with E-state index >= 15 is 0 Å². The highest BCUT2D eigenvalue weighted by molar-refractivity contribution is 5.99. The Morgan fingerprint density at radius 3 is 2.81 bits per heavy atom. The lowest BCUT2D eigenvalue weighted by Gasteiger charge is -2.24. The molecule has 2 fully saturated rings. The maximum Gasteiger partial charge on any atom is 0.229 e. The van der Waals surface area contributed by atoms with E-state index in [9.17, 15) is 9.59 Å². The Kier molecular flexibility index (Phi) is 3.94. The number of aromatic nitrogens is 1. The van der Waals surface area contributed by atoms with Crippen LogP contribution in [0.1, 0.15) is 44.3 Å². The van der Waals surface area contributed by atoms with Crippen LogP contribution in [0, 0.1) is 12.8 Å². The number of nitrogens with one attached hydrogen (secondary N) is 1. The zero-order chi connectivity index (χ0) is 14.8. The van der Waals surface area contributed by atoms with Crippen molar-refractivity contribution in [3.63, 3.8) is 0 Å². The van der Waals surface area contributed by atoms with Crippen LogP contribution in [0.5, 0.6) is 0 Å². The van der Waals surface area contributed by atoms with E-state index in [-0.39, 0.29) is 30.2 Å². The van der Waals surface area contributed by atoms with E-state index in [0.717, 1.165) is 12.8 Å². The van der Waals surface area contributed by atoms with E-state index in [0.29, 0.717) is 18.1 Å². The molecule has 2 aliphatic rings. The van der Waals surface area contributed by atoms with Crippen molar-refractivity contribution < 1.29 is 14.1 Å². The first kappa shape index (κ1) is 14.1. The molecule has 0 radical (unpaired) electrons. The average Bonchev–Trinajstić information content (AvgIpc) is 3.06. The maximum atomic E-state index is 12.3. The molecular formula is C15H21N3O3. The highest BCUT2D eigenvalue weighted by Gasteiger charge is 2.37. The molecule has 1 saturated carbocycles. The molecule has 1 unspecified atom stereocenters. The summed E-state index contributed by atoms with van der Waals surface area (Å²) >= 11 is 0. The van der Waals surface area contributed by atoms with Crippen molar-refractivity contribution in [2.75, 3.05) is 11.4 Å². The number of amides is 2. The molecular weight excluding hydrogens is 270 g/mol. The van der Waals surface area contributed by atoms with Gasteiger partial charge in [0.1, 0.15) is 5.76 Å². The number of nitrogens with zero attached hydrogens (tertiary/aromatic N) is 2. The van der Waals surface area contributed by atoms with Crippen molar-refractivity contribution in [1.82, 2.24) is 10.5 Å². The first-order chi connectivity index (χ1) is 10.1. The van der Waals surface area contributed by atoms with E-state index in [4.69, 9.17) is 4.52 Å². The summed E-state index contributed by atoms with van der Waals surface area (Å²) in [6, 6.07) is 2.00. The third-order valence-corrected chi connectivity index (χ3v) is 4.34. The summed E-state index contributed by atoms with van der Waals surface area (Å²) in [5.74, 6) is 0.819. The molecule has 1 aromatic rings. The molecule has 114 valence electrons. The lowest BCUT2D eigenvalue weighted by molar-refractivity contribution is -0.127. The largest absolute Gasteiger partial charge is 0.360 e. The molecule has 21 heavy (non-hydrogen) atoms. The Hall–Kier alpha value is -1.85. The molecule has 1 aliphatic heterocycles. The van der Waals surface area contributed by atoms with Gasteiger partial charge in [-0.25, -0.2) is 0 Å². The fraction of sp³-hybridized carbons (Fsp3) is 0.667. The molecule has 0 aromatic carbocycles. The summed E-state index contributed by atoms with van der Waals surface area (Å²) in [4.78, 5) is 25.9. The molecule has 6 nitrogen and oxygen atoms in total. The third kappa shape index (κ3) is 3.09. The molecule has 3 rings (SSSR count). The minimum absolute atomic E-state index is 0.00188. The number of hydrogen-bond donors (Lipinski definition) is 1. The first-order valence-electron chi connectivity index (χ1n) is 7.67. The molecule has 6 heteroatoms. The van der Waals surface area contributed by atoms with Gasteiger partial charge in [-0.15, -0.1) is 0 Å². The molecule has 2 amide bonds. The van der Waals surface area contributed by atoms with Gasteiger partial charge in [0, 0.05) is 25.1 Å². The lowest BCUT2D eigenvalue weighted by atomic mass is 9.95. The molecule has 1 saturated heterocycles. The Labute approximate surface area is 123 Å². The van der Waals surface area contributed by atoms with Crippen LogP contribution in [0.25, 0.3) is 0 Å². The Morgan fingerprint density at radius 2 is 2.14 bits per heavy atom. The zero-order valence-electron chi connectivity index (χ0n) is 12.3. The van der Waals surface area contributed by atoms with Crippen molar-refractivity contribution in [3.8, 4) is 0 Å². The summed E-state index contributed by atoms with van der Waals surface area (Å²) in [6.45, 7) is 2.17. The molecule has 1 N–H and O–H groups in total. The van der Waals surface area contributed by atoms with Crippen molar-refractivity contribution in [3.05, 3.63) is 11.8 Å². The highest BCUT2D eigenvalue weighted by atomic mass is 16.5. The number of rotatable bonds is 3. The first-order valence-corrected chi connectivity index (χ1v) is 7.67. The van der Waals surface area contributed by atoms with E-state index in [2.05, 4.69) is 10.5 Å². The van der Waals surface area contributed by atoms with Crippen LogP contribution < -0.4 is 10.2 Å². The summed E-state index contributed by atoms with van der Waals surface area (Å²) < 4.78 is 5.00. The van der Waals surface area contributed by atoms with Crippen LogP contribution in [-0.4, -0.2) is 29.6 Å². The normalized spacial score (nSPS) is 23.6. The van der Waals surface area contributed by atoms with Crippen LogP contribution in [0.15, 0.2) is 10.6 Å². The van der Waals surface area contributed by atoms with Crippen LogP contribution in [0.2, 0.25) is 0 Å². The Morgan fingerprint density at radius 1 is 1.38 bits per heavy atom. The van der Waals surface area contributed by atoms with Gasteiger partial charge in [0.25, 0.3) is 0 Å². The Balaban J connectivity index is 1.59. The lowest BCUT2D eigenvalue weighted by Crippen LogP contribution is -2.40. The molecule has 0 bridgehead atoms. The number of carbonyl (C=O) groups excluding carboxylic acids is 2. The van der Waals surface area contributed by atoms with Crippen molar-refractivity contribution in [2.45, 2.75) is 51.5 Å². The third-order valence-electron chi connectivity index (χ3n) is 4.34. The van der Waals surface area contributed by atoms with E-state index in [1.807, 2.05) is 0 Å². The van der Waals surface area contributed by atoms with Crippen molar-refractivity contribution >= 4 is 17.6 Å². The Bertz CT molecular complexity index is 534. The van der Waals surface area contributed by atoms with E-state index in [1.165, 1.54) is 19.3 Å². The van der Waals surface area contributed by atoms with Crippen LogP contribution in [0.4, 0.5) is 5.82 Å². The van der Waals surface area contributed by atoms with Gasteiger partial charge in [-0.3, -0.25) is 14.5 Å². The van der Waals surface area contributed by atoms with Crippen molar-refractivity contribution in [1.29, 1.82) is 0 Å². The quantitative estimate of drug-likeness (QED) is 0.921. The fourth-order valence-electron chi connectivity index (χ4n) is 3.15. The second-order valence-electron chi connectivity index (χ2n) is 6.04. The number of anilines is 1. The minimum atomic E-state index is -0.281. The van der Waals surface area contributed by atoms with Crippen LogP contribution in [0.3, 0.4) is 0 Å². The zero-order valence-corrected chi connectivity index (χ0v) is 12.3. The maximum absolute atomic E-state index is 12.3. The molecule has 1 aromatic heterocycles. The summed E-state index contributed by atoms with van der Waals surface area (Å²) in [7, 11) is 0. The molecule has 0 spiro atoms. The predicted octanol–water partition coefficient (Wildman–Crippen LogP) is 1.78. The summed E-state index contributed by atoms with van der Waals surface area (Å²) in [6.07, 6.45) is 5.98. The average molecular weight is 291 g/mol. The van der Waals surface area contributed by atoms with Gasteiger partial charge in [0.05, 0.1) is 5.92 Å². The summed E-state index contributed by atoms with van der Waals surface area (Å²) in [5, 5.41) is 6.95. The van der Waals surface area contributed by atoms with Gasteiger partial charge in [-0.1, -0.05) is 24.4 Å². The topological polar surface area (TPSA) is 75.4 Å². The smallest absolute Gasteiger partial charge is 0.229 e. The van der Waals surface area contributed by atoms with Crippen LogP contribution >= 0.6 is 0 Å². The van der Waals surface area contributed by atoms with Gasteiger partial charge in [-0.2, -0.15) is 0 Å². The molecule has 1 aliphatic carbocycles. The second-order valence-corrected chi connectivity index (χ2v) is 6.04. The van der Waals surface area contributed by atoms with Crippen molar-refractivity contribution in [2.24, 2.45) is 5.92 Å². The standard InChI is InChI=1S/C15H21N3O3/c1-10-7-13(17-21-10)18-9-11(8-14(18)19)15(20)16-12-5-3-2-4-6-12/h7,11-12H,2-6,8-9H2,1H3,(H,16,20). The van der Waals surface area contributed by atoms with Gasteiger partial charge in [0.15, 0.2) is 5.82 Å².